The van der Waals surface area contributed by atoms with E-state index >= 15 is 0 Å². The Morgan fingerprint density at radius 1 is 1.39 bits per heavy atom. The van der Waals surface area contributed by atoms with Crippen molar-refractivity contribution in [2.75, 3.05) is 12.3 Å². The Hall–Kier alpha value is -1.52. The van der Waals surface area contributed by atoms with E-state index < -0.39 is 0 Å². The van der Waals surface area contributed by atoms with Gasteiger partial charge in [-0.05, 0) is 12.3 Å². The van der Waals surface area contributed by atoms with Gasteiger partial charge >= 0.3 is 5.97 Å². The van der Waals surface area contributed by atoms with E-state index in [1.807, 2.05) is 6.92 Å². The molecule has 18 heavy (non-hydrogen) atoms. The van der Waals surface area contributed by atoms with E-state index in [1.54, 1.807) is 7.05 Å². The number of hydrogen-bond donors (Lipinski definition) is 1. The van der Waals surface area contributed by atoms with E-state index in [0.29, 0.717) is 30.3 Å². The summed E-state index contributed by atoms with van der Waals surface area (Å²) in [6.45, 7) is 6.58. The maximum Gasteiger partial charge on any atom is 0.358 e. The van der Waals surface area contributed by atoms with Crippen molar-refractivity contribution >= 4 is 11.7 Å². The Labute approximate surface area is 108 Å². The highest BCUT2D eigenvalue weighted by molar-refractivity contribution is 5.93. The van der Waals surface area contributed by atoms with Crippen molar-refractivity contribution in [2.24, 2.45) is 13.0 Å². The molecule has 1 heterocycles. The molecule has 0 atom stereocenters. The van der Waals surface area contributed by atoms with Crippen molar-refractivity contribution in [3.63, 3.8) is 0 Å². The second-order valence-corrected chi connectivity index (χ2v) is 4.47. The van der Waals surface area contributed by atoms with Crippen molar-refractivity contribution in [3.8, 4) is 0 Å². The molecule has 1 aromatic rings. The highest BCUT2D eigenvalue weighted by Gasteiger charge is 2.21. The van der Waals surface area contributed by atoms with Crippen LogP contribution in [0.3, 0.4) is 0 Å². The van der Waals surface area contributed by atoms with Gasteiger partial charge < -0.3 is 10.5 Å². The smallest absolute Gasteiger partial charge is 0.358 e. The number of rotatable bonds is 6. The fourth-order valence-electron chi connectivity index (χ4n) is 1.89. The number of esters is 1. The summed E-state index contributed by atoms with van der Waals surface area (Å²) in [4.78, 5) is 12.0. The SMILES string of the molecule is CCc1nn(C)c(C(=O)OCC(CC)CC)c1N. The molecular formula is C13H23N3O2. The molecule has 0 aliphatic rings. The summed E-state index contributed by atoms with van der Waals surface area (Å²) in [6.07, 6.45) is 2.72. The van der Waals surface area contributed by atoms with Crippen LogP contribution in [0.2, 0.25) is 0 Å². The van der Waals surface area contributed by atoms with E-state index in [2.05, 4.69) is 18.9 Å². The molecule has 0 radical (unpaired) electrons. The van der Waals surface area contributed by atoms with Crippen LogP contribution in [0, 0.1) is 5.92 Å². The van der Waals surface area contributed by atoms with Crippen LogP contribution < -0.4 is 5.73 Å². The molecule has 0 bridgehead atoms. The number of aromatic nitrogens is 2. The average molecular weight is 253 g/mol. The van der Waals surface area contributed by atoms with Crippen molar-refractivity contribution in [3.05, 3.63) is 11.4 Å². The van der Waals surface area contributed by atoms with Gasteiger partial charge in [0.25, 0.3) is 0 Å². The van der Waals surface area contributed by atoms with Crippen molar-refractivity contribution in [1.29, 1.82) is 0 Å². The van der Waals surface area contributed by atoms with Gasteiger partial charge in [-0.25, -0.2) is 4.79 Å². The minimum atomic E-state index is -0.380. The Morgan fingerprint density at radius 3 is 2.44 bits per heavy atom. The van der Waals surface area contributed by atoms with Crippen LogP contribution >= 0.6 is 0 Å². The maximum absolute atomic E-state index is 12.0. The minimum absolute atomic E-state index is 0.359. The fourth-order valence-corrected chi connectivity index (χ4v) is 1.89. The van der Waals surface area contributed by atoms with Crippen LogP contribution in [0.25, 0.3) is 0 Å². The number of carbonyl (C=O) groups is 1. The van der Waals surface area contributed by atoms with Crippen molar-refractivity contribution in [1.82, 2.24) is 9.78 Å². The van der Waals surface area contributed by atoms with Crippen molar-refractivity contribution < 1.29 is 9.53 Å². The van der Waals surface area contributed by atoms with Crippen LogP contribution in [-0.2, 0) is 18.2 Å². The second kappa shape index (κ2) is 6.42. The Bertz CT molecular complexity index is 409. The number of nitrogens with zero attached hydrogens (tertiary/aromatic N) is 2. The lowest BCUT2D eigenvalue weighted by molar-refractivity contribution is 0.0422. The number of hydrogen-bond acceptors (Lipinski definition) is 4. The first-order valence-electron chi connectivity index (χ1n) is 6.53. The average Bonchev–Trinajstić information content (AvgIpc) is 2.65. The molecule has 0 fully saturated rings. The van der Waals surface area contributed by atoms with Crippen molar-refractivity contribution in [2.45, 2.75) is 40.0 Å². The lowest BCUT2D eigenvalue weighted by Gasteiger charge is -2.12. The Balaban J connectivity index is 2.75. The van der Waals surface area contributed by atoms with Gasteiger partial charge in [0, 0.05) is 7.05 Å². The summed E-state index contributed by atoms with van der Waals surface area (Å²) >= 11 is 0. The highest BCUT2D eigenvalue weighted by atomic mass is 16.5. The third-order valence-corrected chi connectivity index (χ3v) is 3.29. The fraction of sp³-hybridized carbons (Fsp3) is 0.692. The minimum Gasteiger partial charge on any atom is -0.461 e. The van der Waals surface area contributed by atoms with Crippen LogP contribution in [0.4, 0.5) is 5.69 Å². The molecular weight excluding hydrogens is 230 g/mol. The first kappa shape index (κ1) is 14.5. The Morgan fingerprint density at radius 2 is 2.00 bits per heavy atom. The van der Waals surface area contributed by atoms with Crippen LogP contribution in [-0.4, -0.2) is 22.4 Å². The molecule has 1 rings (SSSR count). The van der Waals surface area contributed by atoms with E-state index in [4.69, 9.17) is 10.5 Å². The van der Waals surface area contributed by atoms with Crippen LogP contribution in [0.1, 0.15) is 49.8 Å². The Kier molecular flexibility index (Phi) is 5.19. The predicted octanol–water partition coefficient (Wildman–Crippen LogP) is 2.16. The third-order valence-electron chi connectivity index (χ3n) is 3.29. The lowest BCUT2D eigenvalue weighted by Crippen LogP contribution is -2.17. The molecule has 1 aromatic heterocycles. The summed E-state index contributed by atoms with van der Waals surface area (Å²) < 4.78 is 6.82. The molecule has 102 valence electrons. The zero-order valence-electron chi connectivity index (χ0n) is 11.7. The standard InChI is InChI=1S/C13H23N3O2/c1-5-9(6-2)8-18-13(17)12-11(14)10(7-3)15-16(12)4/h9H,5-8,14H2,1-4H3. The number of anilines is 1. The molecule has 5 nitrogen and oxygen atoms in total. The molecule has 0 amide bonds. The van der Waals surface area contributed by atoms with Gasteiger partial charge in [0.15, 0.2) is 5.69 Å². The highest BCUT2D eigenvalue weighted by Crippen LogP contribution is 2.18. The molecule has 2 N–H and O–H groups in total. The van der Waals surface area contributed by atoms with Gasteiger partial charge in [-0.3, -0.25) is 4.68 Å². The summed E-state index contributed by atoms with van der Waals surface area (Å²) in [7, 11) is 1.71. The number of carbonyl (C=O) groups excluding carboxylic acids is 1. The van der Waals surface area contributed by atoms with E-state index in [1.165, 1.54) is 4.68 Å². The normalized spacial score (nSPS) is 10.9. The zero-order valence-corrected chi connectivity index (χ0v) is 11.7. The molecule has 0 unspecified atom stereocenters. The molecule has 5 heteroatoms. The number of ether oxygens (including phenoxy) is 1. The molecule has 0 aliphatic heterocycles. The van der Waals surface area contributed by atoms with E-state index in [9.17, 15) is 4.79 Å². The van der Waals surface area contributed by atoms with E-state index in [-0.39, 0.29) is 5.97 Å². The van der Waals surface area contributed by atoms with Crippen LogP contribution in [0.15, 0.2) is 0 Å². The monoisotopic (exact) mass is 253 g/mol. The van der Waals surface area contributed by atoms with Crippen LogP contribution in [0.5, 0.6) is 0 Å². The largest absolute Gasteiger partial charge is 0.461 e. The summed E-state index contributed by atoms with van der Waals surface area (Å²) in [6, 6.07) is 0. The molecule has 0 saturated heterocycles. The van der Waals surface area contributed by atoms with Gasteiger partial charge in [-0.15, -0.1) is 0 Å². The number of nitrogens with two attached hydrogens (primary N) is 1. The molecule has 0 aliphatic carbocycles. The zero-order chi connectivity index (χ0) is 13.7. The number of aryl methyl sites for hydroxylation is 2. The number of nitrogen functional groups attached to an aromatic ring is 1. The van der Waals surface area contributed by atoms with Gasteiger partial charge in [0.1, 0.15) is 0 Å². The molecule has 0 saturated carbocycles. The first-order valence-corrected chi connectivity index (χ1v) is 6.53. The quantitative estimate of drug-likeness (QED) is 0.789. The maximum atomic E-state index is 12.0. The lowest BCUT2D eigenvalue weighted by atomic mass is 10.1. The second-order valence-electron chi connectivity index (χ2n) is 4.47. The summed E-state index contributed by atoms with van der Waals surface area (Å²) in [5, 5.41) is 4.21. The first-order chi connectivity index (χ1) is 8.54. The summed E-state index contributed by atoms with van der Waals surface area (Å²) in [5.41, 5.74) is 7.44. The molecule has 0 aromatic carbocycles. The van der Waals surface area contributed by atoms with Gasteiger partial charge in [0.05, 0.1) is 18.0 Å². The summed E-state index contributed by atoms with van der Waals surface area (Å²) in [5.74, 6) is 0.0307. The topological polar surface area (TPSA) is 70.1 Å². The van der Waals surface area contributed by atoms with Gasteiger partial charge in [0.2, 0.25) is 0 Å². The third kappa shape index (κ3) is 3.03. The predicted molar refractivity (Wildman–Crippen MR) is 71.4 cm³/mol. The molecule has 0 spiro atoms. The van der Waals surface area contributed by atoms with Gasteiger partial charge in [-0.1, -0.05) is 33.6 Å². The van der Waals surface area contributed by atoms with Gasteiger partial charge in [-0.2, -0.15) is 5.10 Å². The van der Waals surface area contributed by atoms with E-state index in [0.717, 1.165) is 18.5 Å².